The average molecular weight is 295 g/mol. The van der Waals surface area contributed by atoms with Crippen molar-refractivity contribution in [3.63, 3.8) is 0 Å². The summed E-state index contributed by atoms with van der Waals surface area (Å²) in [7, 11) is 0. The lowest BCUT2D eigenvalue weighted by atomic mass is 10.1. The molecule has 22 heavy (non-hydrogen) atoms. The second kappa shape index (κ2) is 4.80. The van der Waals surface area contributed by atoms with Crippen LogP contribution < -0.4 is 20.6 Å². The first-order valence-electron chi connectivity index (χ1n) is 6.94. The van der Waals surface area contributed by atoms with Crippen LogP contribution in [-0.2, 0) is 0 Å². The minimum absolute atomic E-state index is 0.129. The van der Waals surface area contributed by atoms with E-state index in [0.29, 0.717) is 47.1 Å². The average Bonchev–Trinajstić information content (AvgIpc) is 2.53. The summed E-state index contributed by atoms with van der Waals surface area (Å²) in [5, 5.41) is 0.469. The SMILES string of the molecule is Nc1cccc(-c2cc(=O)c3cc4c(cc3o2)OCCO4)c1. The molecule has 2 heterocycles. The van der Waals surface area contributed by atoms with Gasteiger partial charge in [-0.3, -0.25) is 4.79 Å². The lowest BCUT2D eigenvalue weighted by Gasteiger charge is -2.18. The number of nitrogen functional groups attached to an aromatic ring is 1. The highest BCUT2D eigenvalue weighted by Crippen LogP contribution is 2.34. The lowest BCUT2D eigenvalue weighted by Crippen LogP contribution is -2.15. The van der Waals surface area contributed by atoms with Gasteiger partial charge in [-0.2, -0.15) is 0 Å². The monoisotopic (exact) mass is 295 g/mol. The highest BCUT2D eigenvalue weighted by Gasteiger charge is 2.16. The molecule has 0 saturated heterocycles. The van der Waals surface area contributed by atoms with Crippen molar-refractivity contribution in [1.82, 2.24) is 0 Å². The zero-order chi connectivity index (χ0) is 15.1. The van der Waals surface area contributed by atoms with Crippen molar-refractivity contribution >= 4 is 16.7 Å². The summed E-state index contributed by atoms with van der Waals surface area (Å²) < 4.78 is 16.9. The van der Waals surface area contributed by atoms with Crippen molar-refractivity contribution in [3.8, 4) is 22.8 Å². The van der Waals surface area contributed by atoms with Gasteiger partial charge in [-0.1, -0.05) is 12.1 Å². The first kappa shape index (κ1) is 12.8. The molecule has 5 nitrogen and oxygen atoms in total. The Kier molecular flexibility index (Phi) is 2.79. The summed E-state index contributed by atoms with van der Waals surface area (Å²) in [5.41, 5.74) is 7.49. The van der Waals surface area contributed by atoms with Crippen LogP contribution in [0.2, 0.25) is 0 Å². The smallest absolute Gasteiger partial charge is 0.193 e. The molecule has 2 aromatic carbocycles. The third kappa shape index (κ3) is 2.07. The first-order chi connectivity index (χ1) is 10.7. The molecule has 0 aliphatic carbocycles. The molecule has 4 rings (SSSR count). The van der Waals surface area contributed by atoms with Gasteiger partial charge in [0.1, 0.15) is 24.6 Å². The van der Waals surface area contributed by atoms with E-state index in [1.165, 1.54) is 6.07 Å². The Morgan fingerprint density at radius 3 is 2.50 bits per heavy atom. The normalized spacial score (nSPS) is 13.3. The van der Waals surface area contributed by atoms with Gasteiger partial charge in [-0.25, -0.2) is 0 Å². The predicted molar refractivity (Wildman–Crippen MR) is 83.3 cm³/mol. The third-order valence-corrected chi connectivity index (χ3v) is 3.56. The minimum atomic E-state index is -0.129. The van der Waals surface area contributed by atoms with Crippen LogP contribution in [0.4, 0.5) is 5.69 Å². The summed E-state index contributed by atoms with van der Waals surface area (Å²) in [6.45, 7) is 0.961. The van der Waals surface area contributed by atoms with Gasteiger partial charge in [-0.15, -0.1) is 0 Å². The molecule has 2 N–H and O–H groups in total. The fourth-order valence-corrected chi connectivity index (χ4v) is 2.53. The maximum absolute atomic E-state index is 12.4. The molecule has 0 unspecified atom stereocenters. The molecule has 0 amide bonds. The number of hydrogen-bond acceptors (Lipinski definition) is 5. The maximum Gasteiger partial charge on any atom is 0.193 e. The summed E-state index contributed by atoms with van der Waals surface area (Å²) in [6.07, 6.45) is 0. The number of anilines is 1. The van der Waals surface area contributed by atoms with Crippen LogP contribution in [0.5, 0.6) is 11.5 Å². The zero-order valence-corrected chi connectivity index (χ0v) is 11.7. The Balaban J connectivity index is 1.94. The molecule has 0 saturated carbocycles. The number of hydrogen-bond donors (Lipinski definition) is 1. The van der Waals surface area contributed by atoms with Gasteiger partial charge in [0.2, 0.25) is 0 Å². The van der Waals surface area contributed by atoms with Gasteiger partial charge in [-0.05, 0) is 18.2 Å². The second-order valence-corrected chi connectivity index (χ2v) is 5.09. The fourth-order valence-electron chi connectivity index (χ4n) is 2.53. The van der Waals surface area contributed by atoms with E-state index in [1.54, 1.807) is 24.3 Å². The van der Waals surface area contributed by atoms with Crippen molar-refractivity contribution in [2.24, 2.45) is 0 Å². The molecule has 1 aliphatic rings. The van der Waals surface area contributed by atoms with Crippen LogP contribution in [0, 0.1) is 0 Å². The Hall–Kier alpha value is -2.95. The third-order valence-electron chi connectivity index (χ3n) is 3.56. The molecule has 0 radical (unpaired) electrons. The fraction of sp³-hybridized carbons (Fsp3) is 0.118. The van der Waals surface area contributed by atoms with E-state index in [9.17, 15) is 4.79 Å². The van der Waals surface area contributed by atoms with Crippen molar-refractivity contribution < 1.29 is 13.9 Å². The quantitative estimate of drug-likeness (QED) is 0.699. The molecule has 0 spiro atoms. The van der Waals surface area contributed by atoms with Crippen LogP contribution in [0.3, 0.4) is 0 Å². The van der Waals surface area contributed by atoms with Crippen molar-refractivity contribution in [3.05, 3.63) is 52.7 Å². The topological polar surface area (TPSA) is 74.7 Å². The van der Waals surface area contributed by atoms with Gasteiger partial charge in [0.25, 0.3) is 0 Å². The zero-order valence-electron chi connectivity index (χ0n) is 11.7. The predicted octanol–water partition coefficient (Wildman–Crippen LogP) is 2.81. The molecular formula is C17H13NO4. The van der Waals surface area contributed by atoms with E-state index in [1.807, 2.05) is 12.1 Å². The van der Waals surface area contributed by atoms with E-state index in [-0.39, 0.29) is 5.43 Å². The molecule has 0 fully saturated rings. The number of benzene rings is 2. The van der Waals surface area contributed by atoms with Gasteiger partial charge < -0.3 is 19.6 Å². The van der Waals surface area contributed by atoms with Gasteiger partial charge in [0.05, 0.1) is 5.39 Å². The highest BCUT2D eigenvalue weighted by atomic mass is 16.6. The Morgan fingerprint density at radius 1 is 0.955 bits per heavy atom. The van der Waals surface area contributed by atoms with Crippen molar-refractivity contribution in [2.75, 3.05) is 18.9 Å². The molecular weight excluding hydrogens is 282 g/mol. The second-order valence-electron chi connectivity index (χ2n) is 5.09. The van der Waals surface area contributed by atoms with Crippen molar-refractivity contribution in [2.45, 2.75) is 0 Å². The van der Waals surface area contributed by atoms with E-state index in [2.05, 4.69) is 0 Å². The summed E-state index contributed by atoms with van der Waals surface area (Å²) >= 11 is 0. The van der Waals surface area contributed by atoms with E-state index < -0.39 is 0 Å². The van der Waals surface area contributed by atoms with Crippen LogP contribution in [0.15, 0.2) is 51.7 Å². The van der Waals surface area contributed by atoms with E-state index >= 15 is 0 Å². The number of fused-ring (bicyclic) bond motifs is 2. The number of nitrogens with two attached hydrogens (primary N) is 1. The Bertz CT molecular complexity index is 930. The van der Waals surface area contributed by atoms with Crippen LogP contribution in [0.1, 0.15) is 0 Å². The van der Waals surface area contributed by atoms with Crippen molar-refractivity contribution in [1.29, 1.82) is 0 Å². The summed E-state index contributed by atoms with van der Waals surface area (Å²) in [5.74, 6) is 1.64. The van der Waals surface area contributed by atoms with Gasteiger partial charge >= 0.3 is 0 Å². The largest absolute Gasteiger partial charge is 0.486 e. The highest BCUT2D eigenvalue weighted by molar-refractivity contribution is 5.82. The lowest BCUT2D eigenvalue weighted by molar-refractivity contribution is 0.172. The maximum atomic E-state index is 12.4. The summed E-state index contributed by atoms with van der Waals surface area (Å²) in [6, 6.07) is 12.0. The minimum Gasteiger partial charge on any atom is -0.486 e. The Morgan fingerprint density at radius 2 is 1.73 bits per heavy atom. The molecule has 5 heteroatoms. The molecule has 1 aliphatic heterocycles. The van der Waals surface area contributed by atoms with Crippen LogP contribution >= 0.6 is 0 Å². The molecule has 0 bridgehead atoms. The summed E-state index contributed by atoms with van der Waals surface area (Å²) in [4.78, 5) is 12.4. The molecule has 110 valence electrons. The standard InChI is InChI=1S/C17H13NO4/c18-11-3-1-2-10(6-11)14-8-13(19)12-7-16-17(9-15(12)22-14)21-5-4-20-16/h1-3,6-9H,4-5,18H2. The van der Waals surface area contributed by atoms with Gasteiger partial charge in [0.15, 0.2) is 16.9 Å². The van der Waals surface area contributed by atoms with Crippen LogP contribution in [0.25, 0.3) is 22.3 Å². The van der Waals surface area contributed by atoms with E-state index in [0.717, 1.165) is 5.56 Å². The Labute approximate surface area is 125 Å². The van der Waals surface area contributed by atoms with Crippen LogP contribution in [-0.4, -0.2) is 13.2 Å². The first-order valence-corrected chi connectivity index (χ1v) is 6.94. The van der Waals surface area contributed by atoms with E-state index in [4.69, 9.17) is 19.6 Å². The molecule has 0 atom stereocenters. The number of rotatable bonds is 1. The molecule has 3 aromatic rings. The van der Waals surface area contributed by atoms with Gasteiger partial charge in [0, 0.05) is 23.4 Å². The molecule has 1 aromatic heterocycles. The number of ether oxygens (including phenoxy) is 2.